The average Bonchev–Trinajstić information content (AvgIpc) is 3.08. The van der Waals surface area contributed by atoms with E-state index in [0.717, 1.165) is 30.2 Å². The number of carbonyl (C=O) groups excluding carboxylic acids is 1. The minimum atomic E-state index is -0.00403. The maximum absolute atomic E-state index is 12.0. The van der Waals surface area contributed by atoms with Crippen LogP contribution in [0.2, 0.25) is 0 Å². The van der Waals surface area contributed by atoms with Gasteiger partial charge in [-0.15, -0.1) is 0 Å². The van der Waals surface area contributed by atoms with Gasteiger partial charge in [0.05, 0.1) is 0 Å². The molecular formula is C13H16N6OS. The standard InChI is InChI=1S/C13H16N6OS/c20-13(18-3-5-21-6-4-18)16-8-11-1-2-12(15-7-11)19-10-14-9-17-19/h1-2,7,9-10H,3-6,8H2,(H,16,20). The van der Waals surface area contributed by atoms with Crippen LogP contribution in [0, 0.1) is 0 Å². The largest absolute Gasteiger partial charge is 0.334 e. The molecule has 3 heterocycles. The topological polar surface area (TPSA) is 75.9 Å². The highest BCUT2D eigenvalue weighted by Crippen LogP contribution is 2.09. The van der Waals surface area contributed by atoms with Crippen LogP contribution in [0.25, 0.3) is 5.82 Å². The van der Waals surface area contributed by atoms with E-state index in [4.69, 9.17) is 0 Å². The molecular weight excluding hydrogens is 288 g/mol. The van der Waals surface area contributed by atoms with Crippen molar-refractivity contribution in [3.05, 3.63) is 36.5 Å². The lowest BCUT2D eigenvalue weighted by Crippen LogP contribution is -2.44. The van der Waals surface area contributed by atoms with Gasteiger partial charge in [0.1, 0.15) is 12.7 Å². The van der Waals surface area contributed by atoms with E-state index in [9.17, 15) is 4.79 Å². The summed E-state index contributed by atoms with van der Waals surface area (Å²) in [5.74, 6) is 2.74. The van der Waals surface area contributed by atoms with E-state index in [1.165, 1.54) is 6.33 Å². The fourth-order valence-electron chi connectivity index (χ4n) is 2.04. The highest BCUT2D eigenvalue weighted by Gasteiger charge is 2.15. The molecule has 0 aromatic carbocycles. The van der Waals surface area contributed by atoms with Crippen molar-refractivity contribution in [2.75, 3.05) is 24.6 Å². The minimum Gasteiger partial charge on any atom is -0.334 e. The number of thioether (sulfide) groups is 1. The molecule has 1 fully saturated rings. The van der Waals surface area contributed by atoms with Crippen LogP contribution in [0.5, 0.6) is 0 Å². The van der Waals surface area contributed by atoms with Crippen LogP contribution in [0.4, 0.5) is 4.79 Å². The molecule has 7 nitrogen and oxygen atoms in total. The van der Waals surface area contributed by atoms with Crippen molar-refractivity contribution >= 4 is 17.8 Å². The SMILES string of the molecule is O=C(NCc1ccc(-n2cncn2)nc1)N1CCSCC1. The zero-order valence-corrected chi connectivity index (χ0v) is 12.3. The Hall–Kier alpha value is -2.09. The van der Waals surface area contributed by atoms with Crippen LogP contribution in [0.1, 0.15) is 5.56 Å². The van der Waals surface area contributed by atoms with Gasteiger partial charge in [0.25, 0.3) is 0 Å². The van der Waals surface area contributed by atoms with Crippen molar-refractivity contribution in [1.82, 2.24) is 30.0 Å². The molecule has 1 aliphatic heterocycles. The van der Waals surface area contributed by atoms with Crippen molar-refractivity contribution in [1.29, 1.82) is 0 Å². The summed E-state index contributed by atoms with van der Waals surface area (Å²) in [7, 11) is 0. The van der Waals surface area contributed by atoms with Crippen LogP contribution in [0.15, 0.2) is 31.0 Å². The van der Waals surface area contributed by atoms with Crippen molar-refractivity contribution in [2.45, 2.75) is 6.54 Å². The van der Waals surface area contributed by atoms with Gasteiger partial charge in [0.15, 0.2) is 5.82 Å². The zero-order chi connectivity index (χ0) is 14.5. The summed E-state index contributed by atoms with van der Waals surface area (Å²) in [5, 5.41) is 6.94. The van der Waals surface area contributed by atoms with E-state index < -0.39 is 0 Å². The number of hydrogen-bond donors (Lipinski definition) is 1. The predicted molar refractivity (Wildman–Crippen MR) is 80.3 cm³/mol. The van der Waals surface area contributed by atoms with E-state index in [2.05, 4.69) is 20.4 Å². The third-order valence-corrected chi connectivity index (χ3v) is 4.15. The second-order valence-electron chi connectivity index (χ2n) is 4.62. The molecule has 0 bridgehead atoms. The van der Waals surface area contributed by atoms with Crippen LogP contribution < -0.4 is 5.32 Å². The second-order valence-corrected chi connectivity index (χ2v) is 5.85. The van der Waals surface area contributed by atoms with Crippen LogP contribution in [0.3, 0.4) is 0 Å². The second kappa shape index (κ2) is 6.57. The fourth-order valence-corrected chi connectivity index (χ4v) is 2.94. The predicted octanol–water partition coefficient (Wildman–Crippen LogP) is 0.921. The molecule has 1 saturated heterocycles. The number of amides is 2. The molecule has 2 aromatic rings. The quantitative estimate of drug-likeness (QED) is 0.912. The van der Waals surface area contributed by atoms with E-state index in [-0.39, 0.29) is 6.03 Å². The van der Waals surface area contributed by atoms with Gasteiger partial charge in [-0.05, 0) is 11.6 Å². The minimum absolute atomic E-state index is 0.00403. The summed E-state index contributed by atoms with van der Waals surface area (Å²) in [5.41, 5.74) is 0.957. The van der Waals surface area contributed by atoms with Crippen LogP contribution in [-0.2, 0) is 6.54 Å². The lowest BCUT2D eigenvalue weighted by atomic mass is 10.3. The Morgan fingerprint density at radius 2 is 2.19 bits per heavy atom. The molecule has 0 radical (unpaired) electrons. The van der Waals surface area contributed by atoms with Gasteiger partial charge in [-0.2, -0.15) is 16.9 Å². The number of urea groups is 1. The molecule has 0 atom stereocenters. The molecule has 2 aromatic heterocycles. The van der Waals surface area contributed by atoms with E-state index in [1.807, 2.05) is 28.8 Å². The fraction of sp³-hybridized carbons (Fsp3) is 0.385. The number of aromatic nitrogens is 4. The average molecular weight is 304 g/mol. The van der Waals surface area contributed by atoms with Crippen LogP contribution >= 0.6 is 11.8 Å². The van der Waals surface area contributed by atoms with E-state index >= 15 is 0 Å². The molecule has 0 aliphatic carbocycles. The summed E-state index contributed by atoms with van der Waals surface area (Å²) in [6.07, 6.45) is 4.80. The molecule has 1 N–H and O–H groups in total. The number of nitrogens with one attached hydrogen (secondary N) is 1. The molecule has 2 amide bonds. The Balaban J connectivity index is 1.54. The highest BCUT2D eigenvalue weighted by molar-refractivity contribution is 7.99. The Kier molecular flexibility index (Phi) is 4.34. The molecule has 110 valence electrons. The first kappa shape index (κ1) is 13.9. The summed E-state index contributed by atoms with van der Waals surface area (Å²) < 4.78 is 1.59. The van der Waals surface area contributed by atoms with Gasteiger partial charge < -0.3 is 10.2 Å². The molecule has 1 aliphatic rings. The Morgan fingerprint density at radius 1 is 1.33 bits per heavy atom. The maximum atomic E-state index is 12.0. The molecule has 21 heavy (non-hydrogen) atoms. The number of rotatable bonds is 3. The van der Waals surface area contributed by atoms with Gasteiger partial charge in [-0.25, -0.2) is 19.4 Å². The number of nitrogens with zero attached hydrogens (tertiary/aromatic N) is 5. The monoisotopic (exact) mass is 304 g/mol. The lowest BCUT2D eigenvalue weighted by molar-refractivity contribution is 0.202. The number of carbonyl (C=O) groups is 1. The van der Waals surface area contributed by atoms with Crippen molar-refractivity contribution in [3.63, 3.8) is 0 Å². The smallest absolute Gasteiger partial charge is 0.317 e. The van der Waals surface area contributed by atoms with Gasteiger partial charge in [0, 0.05) is 37.3 Å². The van der Waals surface area contributed by atoms with Crippen molar-refractivity contribution in [3.8, 4) is 5.82 Å². The Labute approximate surface area is 126 Å². The first-order chi connectivity index (χ1) is 10.3. The summed E-state index contributed by atoms with van der Waals surface area (Å²) >= 11 is 1.89. The first-order valence-electron chi connectivity index (χ1n) is 6.73. The lowest BCUT2D eigenvalue weighted by Gasteiger charge is -2.26. The number of hydrogen-bond acceptors (Lipinski definition) is 5. The van der Waals surface area contributed by atoms with E-state index in [0.29, 0.717) is 12.4 Å². The molecule has 0 saturated carbocycles. The maximum Gasteiger partial charge on any atom is 0.317 e. The summed E-state index contributed by atoms with van der Waals surface area (Å²) in [6.45, 7) is 2.12. The third kappa shape index (κ3) is 3.52. The summed E-state index contributed by atoms with van der Waals surface area (Å²) in [6, 6.07) is 3.78. The highest BCUT2D eigenvalue weighted by atomic mass is 32.2. The van der Waals surface area contributed by atoms with Gasteiger partial charge in [0.2, 0.25) is 0 Å². The van der Waals surface area contributed by atoms with Crippen molar-refractivity contribution in [2.24, 2.45) is 0 Å². The first-order valence-corrected chi connectivity index (χ1v) is 7.89. The molecule has 0 spiro atoms. The Bertz CT molecular complexity index is 579. The molecule has 0 unspecified atom stereocenters. The zero-order valence-electron chi connectivity index (χ0n) is 11.5. The normalized spacial score (nSPS) is 15.0. The van der Waals surface area contributed by atoms with E-state index in [1.54, 1.807) is 17.2 Å². The summed E-state index contributed by atoms with van der Waals surface area (Å²) in [4.78, 5) is 22.0. The van der Waals surface area contributed by atoms with Gasteiger partial charge in [-0.1, -0.05) is 6.07 Å². The third-order valence-electron chi connectivity index (χ3n) is 3.20. The molecule has 8 heteroatoms. The van der Waals surface area contributed by atoms with Crippen LogP contribution in [-0.4, -0.2) is 55.3 Å². The number of pyridine rings is 1. The molecule has 3 rings (SSSR count). The van der Waals surface area contributed by atoms with Gasteiger partial charge in [-0.3, -0.25) is 0 Å². The Morgan fingerprint density at radius 3 is 2.86 bits per heavy atom. The van der Waals surface area contributed by atoms with Gasteiger partial charge >= 0.3 is 6.03 Å². The van der Waals surface area contributed by atoms with Crippen molar-refractivity contribution < 1.29 is 4.79 Å².